The molecule has 4 aromatic rings. The summed E-state index contributed by atoms with van der Waals surface area (Å²) >= 11 is 1.70. The van der Waals surface area contributed by atoms with Crippen molar-refractivity contribution in [2.24, 2.45) is 0 Å². The molecule has 1 aliphatic carbocycles. The Morgan fingerprint density at radius 1 is 1.09 bits per heavy atom. The standard InChI is InChI=1S/C26H28N4OS/c31-26-24-22-11-10-21(28-14-12-20-8-4-13-27-17-20)16-23(22)32-25(24)29-18-30(26)15-5-9-19-6-2-1-3-7-19/h1-4,6-8,13,17-18,21,28H,5,9-12,14-16H2/t21-/m1/s1. The van der Waals surface area contributed by atoms with E-state index < -0.39 is 0 Å². The molecule has 1 aromatic carbocycles. The highest BCUT2D eigenvalue weighted by molar-refractivity contribution is 7.18. The minimum Gasteiger partial charge on any atom is -0.313 e. The van der Waals surface area contributed by atoms with E-state index in [1.54, 1.807) is 22.2 Å². The molecular weight excluding hydrogens is 416 g/mol. The fraction of sp³-hybridized carbons (Fsp3) is 0.346. The monoisotopic (exact) mass is 444 g/mol. The van der Waals surface area contributed by atoms with Crippen LogP contribution in [0.3, 0.4) is 0 Å². The van der Waals surface area contributed by atoms with Crippen molar-refractivity contribution in [3.05, 3.63) is 93.1 Å². The molecule has 1 atom stereocenters. The van der Waals surface area contributed by atoms with E-state index in [1.165, 1.54) is 21.6 Å². The van der Waals surface area contributed by atoms with Crippen LogP contribution in [0, 0.1) is 0 Å². The lowest BCUT2D eigenvalue weighted by Gasteiger charge is -2.23. The smallest absolute Gasteiger partial charge is 0.262 e. The average Bonchev–Trinajstić information content (AvgIpc) is 3.20. The summed E-state index contributed by atoms with van der Waals surface area (Å²) in [7, 11) is 0. The van der Waals surface area contributed by atoms with Crippen LogP contribution in [0.15, 0.2) is 66.0 Å². The molecule has 5 nitrogen and oxygen atoms in total. The minimum absolute atomic E-state index is 0.128. The third-order valence-electron chi connectivity index (χ3n) is 6.31. The van der Waals surface area contributed by atoms with Crippen LogP contribution in [0.5, 0.6) is 0 Å². The van der Waals surface area contributed by atoms with Gasteiger partial charge in [0, 0.05) is 29.9 Å². The molecule has 3 aromatic heterocycles. The van der Waals surface area contributed by atoms with Gasteiger partial charge in [-0.2, -0.15) is 0 Å². The molecule has 0 amide bonds. The number of aromatic nitrogens is 3. The number of pyridine rings is 1. The molecule has 0 spiro atoms. The third-order valence-corrected chi connectivity index (χ3v) is 7.47. The first-order chi connectivity index (χ1) is 15.8. The predicted molar refractivity (Wildman–Crippen MR) is 130 cm³/mol. The summed E-state index contributed by atoms with van der Waals surface area (Å²) in [6.07, 6.45) is 11.4. The van der Waals surface area contributed by atoms with Gasteiger partial charge in [-0.3, -0.25) is 14.3 Å². The fourth-order valence-electron chi connectivity index (χ4n) is 4.60. The zero-order chi connectivity index (χ0) is 21.8. The summed E-state index contributed by atoms with van der Waals surface area (Å²) in [4.78, 5) is 24.3. The van der Waals surface area contributed by atoms with Gasteiger partial charge in [-0.05, 0) is 67.8 Å². The van der Waals surface area contributed by atoms with E-state index in [2.05, 4.69) is 45.6 Å². The van der Waals surface area contributed by atoms with Gasteiger partial charge in [0.2, 0.25) is 0 Å². The van der Waals surface area contributed by atoms with E-state index in [0.717, 1.165) is 55.3 Å². The van der Waals surface area contributed by atoms with Crippen LogP contribution < -0.4 is 10.9 Å². The lowest BCUT2D eigenvalue weighted by atomic mass is 9.93. The Balaban J connectivity index is 1.24. The van der Waals surface area contributed by atoms with Crippen LogP contribution >= 0.6 is 11.3 Å². The van der Waals surface area contributed by atoms with E-state index >= 15 is 0 Å². The summed E-state index contributed by atoms with van der Waals surface area (Å²) in [5.74, 6) is 0. The molecule has 0 radical (unpaired) electrons. The summed E-state index contributed by atoms with van der Waals surface area (Å²) in [5, 5.41) is 4.56. The molecule has 3 heterocycles. The van der Waals surface area contributed by atoms with Crippen LogP contribution in [0.2, 0.25) is 0 Å². The summed E-state index contributed by atoms with van der Waals surface area (Å²) in [6.45, 7) is 1.66. The molecule has 0 aliphatic heterocycles. The maximum Gasteiger partial charge on any atom is 0.262 e. The van der Waals surface area contributed by atoms with Crippen molar-refractivity contribution in [2.45, 2.75) is 51.1 Å². The first kappa shape index (κ1) is 21.0. The quantitative estimate of drug-likeness (QED) is 0.443. The van der Waals surface area contributed by atoms with Crippen LogP contribution in [0.25, 0.3) is 10.2 Å². The Morgan fingerprint density at radius 3 is 2.81 bits per heavy atom. The molecule has 0 fully saturated rings. The Morgan fingerprint density at radius 2 is 1.97 bits per heavy atom. The first-order valence-electron chi connectivity index (χ1n) is 11.4. The van der Waals surface area contributed by atoms with E-state index in [4.69, 9.17) is 0 Å². The Labute approximate surface area is 192 Å². The van der Waals surface area contributed by atoms with Crippen LogP contribution in [0.4, 0.5) is 0 Å². The van der Waals surface area contributed by atoms with Crippen LogP contribution in [0.1, 0.15) is 34.4 Å². The number of hydrogen-bond donors (Lipinski definition) is 1. The Kier molecular flexibility index (Phi) is 6.41. The maximum atomic E-state index is 13.2. The van der Waals surface area contributed by atoms with Crippen molar-refractivity contribution in [1.82, 2.24) is 19.9 Å². The second kappa shape index (κ2) is 9.76. The van der Waals surface area contributed by atoms with Gasteiger partial charge in [-0.25, -0.2) is 4.98 Å². The van der Waals surface area contributed by atoms with Gasteiger partial charge >= 0.3 is 0 Å². The number of thiophene rings is 1. The Hall–Kier alpha value is -2.83. The lowest BCUT2D eigenvalue weighted by molar-refractivity contribution is 0.466. The van der Waals surface area contributed by atoms with Gasteiger partial charge < -0.3 is 5.32 Å². The molecule has 0 saturated heterocycles. The molecule has 164 valence electrons. The second-order valence-electron chi connectivity index (χ2n) is 8.52. The third kappa shape index (κ3) is 4.66. The second-order valence-corrected chi connectivity index (χ2v) is 9.60. The highest BCUT2D eigenvalue weighted by atomic mass is 32.1. The summed E-state index contributed by atoms with van der Waals surface area (Å²) in [5.41, 5.74) is 3.94. The molecule has 1 aliphatic rings. The largest absolute Gasteiger partial charge is 0.313 e. The first-order valence-corrected chi connectivity index (χ1v) is 12.3. The van der Waals surface area contributed by atoms with E-state index in [1.807, 2.05) is 24.5 Å². The molecule has 32 heavy (non-hydrogen) atoms. The van der Waals surface area contributed by atoms with Gasteiger partial charge in [-0.1, -0.05) is 36.4 Å². The molecule has 5 rings (SSSR count). The van der Waals surface area contributed by atoms with Gasteiger partial charge in [0.25, 0.3) is 5.56 Å². The molecule has 1 N–H and O–H groups in total. The summed E-state index contributed by atoms with van der Waals surface area (Å²) in [6, 6.07) is 15.0. The highest BCUT2D eigenvalue weighted by Gasteiger charge is 2.25. The van der Waals surface area contributed by atoms with Crippen molar-refractivity contribution in [1.29, 1.82) is 0 Å². The topological polar surface area (TPSA) is 59.8 Å². The number of hydrogen-bond acceptors (Lipinski definition) is 5. The number of nitrogens with one attached hydrogen (secondary N) is 1. The van der Waals surface area contributed by atoms with Crippen LogP contribution in [-0.2, 0) is 32.2 Å². The molecule has 0 unspecified atom stereocenters. The number of rotatable bonds is 8. The maximum absolute atomic E-state index is 13.2. The summed E-state index contributed by atoms with van der Waals surface area (Å²) < 4.78 is 1.80. The normalized spacial score (nSPS) is 15.7. The van der Waals surface area contributed by atoms with Gasteiger partial charge in [-0.15, -0.1) is 11.3 Å². The molecular formula is C26H28N4OS. The van der Waals surface area contributed by atoms with Gasteiger partial charge in [0.05, 0.1) is 11.7 Å². The van der Waals surface area contributed by atoms with E-state index in [-0.39, 0.29) is 5.56 Å². The van der Waals surface area contributed by atoms with Crippen molar-refractivity contribution in [2.75, 3.05) is 6.54 Å². The molecule has 0 saturated carbocycles. The molecule has 6 heteroatoms. The van der Waals surface area contributed by atoms with Gasteiger partial charge in [0.15, 0.2) is 0 Å². The van der Waals surface area contributed by atoms with Gasteiger partial charge in [0.1, 0.15) is 4.83 Å². The average molecular weight is 445 g/mol. The number of benzene rings is 1. The predicted octanol–water partition coefficient (Wildman–Crippen LogP) is 4.18. The zero-order valence-electron chi connectivity index (χ0n) is 18.2. The fourth-order valence-corrected chi connectivity index (χ4v) is 5.86. The molecule has 0 bridgehead atoms. The minimum atomic E-state index is 0.128. The SMILES string of the molecule is O=c1c2c3c(sc2ncn1CCCc1ccccc1)C[C@H](NCCc1cccnc1)CC3. The number of nitrogens with zero attached hydrogens (tertiary/aromatic N) is 3. The number of fused-ring (bicyclic) bond motifs is 3. The van der Waals surface area contributed by atoms with Crippen molar-refractivity contribution < 1.29 is 0 Å². The zero-order valence-corrected chi connectivity index (χ0v) is 19.0. The van der Waals surface area contributed by atoms with E-state index in [9.17, 15) is 4.79 Å². The van der Waals surface area contributed by atoms with Crippen LogP contribution in [-0.4, -0.2) is 27.1 Å². The Bertz CT molecular complexity index is 1230. The van der Waals surface area contributed by atoms with Crippen molar-refractivity contribution in [3.8, 4) is 0 Å². The van der Waals surface area contributed by atoms with E-state index in [0.29, 0.717) is 12.6 Å². The highest BCUT2D eigenvalue weighted by Crippen LogP contribution is 2.33. The number of aryl methyl sites for hydroxylation is 3. The van der Waals surface area contributed by atoms with Crippen molar-refractivity contribution in [3.63, 3.8) is 0 Å². The lowest BCUT2D eigenvalue weighted by Crippen LogP contribution is -2.35. The van der Waals surface area contributed by atoms with Crippen molar-refractivity contribution >= 4 is 21.6 Å².